The molecule has 1 unspecified atom stereocenters. The minimum Gasteiger partial charge on any atom is -0.481 e. The lowest BCUT2D eigenvalue weighted by atomic mass is 9.95. The summed E-state index contributed by atoms with van der Waals surface area (Å²) < 4.78 is 5.12. The van der Waals surface area contributed by atoms with Crippen LogP contribution in [0.15, 0.2) is 36.7 Å². The molecule has 1 amide bonds. The predicted molar refractivity (Wildman–Crippen MR) is 92.5 cm³/mol. The van der Waals surface area contributed by atoms with Gasteiger partial charge in [0.2, 0.25) is 5.88 Å². The second-order valence-electron chi connectivity index (χ2n) is 6.20. The molecule has 24 heavy (non-hydrogen) atoms. The molecule has 2 aromatic rings. The van der Waals surface area contributed by atoms with Gasteiger partial charge in [-0.2, -0.15) is 0 Å². The molecule has 0 radical (unpaired) electrons. The second-order valence-corrected chi connectivity index (χ2v) is 6.20. The summed E-state index contributed by atoms with van der Waals surface area (Å²) >= 11 is 0. The molecular weight excluding hydrogens is 304 g/mol. The quantitative estimate of drug-likeness (QED) is 0.860. The normalized spacial score (nSPS) is 16.8. The third-order valence-electron chi connectivity index (χ3n) is 4.23. The first-order valence-electron chi connectivity index (χ1n) is 8.02. The number of anilines is 1. The molecule has 6 heteroatoms. The number of hydrogen-bond acceptors (Lipinski definition) is 5. The largest absolute Gasteiger partial charge is 0.481 e. The number of methoxy groups -OCH3 is 1. The molecule has 0 aliphatic carbocycles. The van der Waals surface area contributed by atoms with Crippen LogP contribution in [0.1, 0.15) is 22.5 Å². The number of fused-ring (bicyclic) bond motifs is 1. The standard InChI is InChI=1S/C18H22N4O2/c1-21(2)11-14-9-8-13-6-4-5-7-16(13)22(14)18(23)15-10-17(24-3)20-12-19-15/h4-7,10,12,14H,8-9,11H2,1-3H3. The van der Waals surface area contributed by atoms with Gasteiger partial charge in [-0.3, -0.25) is 4.79 Å². The molecule has 0 saturated heterocycles. The first-order chi connectivity index (χ1) is 11.6. The molecule has 1 aliphatic rings. The summed E-state index contributed by atoms with van der Waals surface area (Å²) in [6.45, 7) is 0.808. The summed E-state index contributed by atoms with van der Waals surface area (Å²) in [4.78, 5) is 25.3. The van der Waals surface area contributed by atoms with E-state index in [1.54, 1.807) is 6.07 Å². The average molecular weight is 326 g/mol. The minimum absolute atomic E-state index is 0.114. The molecule has 0 N–H and O–H groups in total. The molecule has 1 aromatic carbocycles. The van der Waals surface area contributed by atoms with Gasteiger partial charge in [0.1, 0.15) is 12.0 Å². The highest BCUT2D eigenvalue weighted by Gasteiger charge is 2.32. The first kappa shape index (κ1) is 16.4. The zero-order chi connectivity index (χ0) is 17.1. The van der Waals surface area contributed by atoms with Gasteiger partial charge in [-0.05, 0) is 38.6 Å². The van der Waals surface area contributed by atoms with Crippen molar-refractivity contribution in [1.29, 1.82) is 0 Å². The Morgan fingerprint density at radius 1 is 1.33 bits per heavy atom. The maximum Gasteiger partial charge on any atom is 0.277 e. The van der Waals surface area contributed by atoms with E-state index < -0.39 is 0 Å². The number of carbonyl (C=O) groups excluding carboxylic acids is 1. The lowest BCUT2D eigenvalue weighted by molar-refractivity contribution is 0.0962. The van der Waals surface area contributed by atoms with E-state index in [4.69, 9.17) is 4.74 Å². The maximum atomic E-state index is 13.2. The van der Waals surface area contributed by atoms with E-state index in [1.165, 1.54) is 19.0 Å². The Bertz CT molecular complexity index is 732. The van der Waals surface area contributed by atoms with Gasteiger partial charge in [0.25, 0.3) is 5.91 Å². The Morgan fingerprint density at radius 2 is 2.12 bits per heavy atom. The highest BCUT2D eigenvalue weighted by atomic mass is 16.5. The fourth-order valence-corrected chi connectivity index (χ4v) is 3.17. The summed E-state index contributed by atoms with van der Waals surface area (Å²) in [7, 11) is 5.58. The van der Waals surface area contributed by atoms with E-state index in [0.29, 0.717) is 11.6 Å². The lowest BCUT2D eigenvalue weighted by Crippen LogP contribution is -2.48. The van der Waals surface area contributed by atoms with Crippen molar-refractivity contribution in [2.75, 3.05) is 32.6 Å². The highest BCUT2D eigenvalue weighted by molar-refractivity contribution is 6.06. The third-order valence-corrected chi connectivity index (χ3v) is 4.23. The molecule has 0 saturated carbocycles. The van der Waals surface area contributed by atoms with Crippen LogP contribution in [0.2, 0.25) is 0 Å². The van der Waals surface area contributed by atoms with Crippen molar-refractivity contribution >= 4 is 11.6 Å². The predicted octanol–water partition coefficient (Wildman–Crippen LogP) is 2.01. The van der Waals surface area contributed by atoms with Gasteiger partial charge in [0.15, 0.2) is 0 Å². The smallest absolute Gasteiger partial charge is 0.277 e. The molecule has 1 atom stereocenters. The van der Waals surface area contributed by atoms with E-state index >= 15 is 0 Å². The highest BCUT2D eigenvalue weighted by Crippen LogP contribution is 2.32. The van der Waals surface area contributed by atoms with Gasteiger partial charge in [-0.25, -0.2) is 9.97 Å². The van der Waals surface area contributed by atoms with Gasteiger partial charge in [-0.15, -0.1) is 0 Å². The van der Waals surface area contributed by atoms with Crippen molar-refractivity contribution in [3.63, 3.8) is 0 Å². The van der Waals surface area contributed by atoms with Crippen LogP contribution in [0.25, 0.3) is 0 Å². The van der Waals surface area contributed by atoms with Crippen molar-refractivity contribution in [1.82, 2.24) is 14.9 Å². The molecule has 126 valence electrons. The number of para-hydroxylation sites is 1. The maximum absolute atomic E-state index is 13.2. The van der Waals surface area contributed by atoms with E-state index in [1.807, 2.05) is 37.2 Å². The summed E-state index contributed by atoms with van der Waals surface area (Å²) in [5.74, 6) is 0.275. The van der Waals surface area contributed by atoms with Gasteiger partial charge < -0.3 is 14.5 Å². The number of aryl methyl sites for hydroxylation is 1. The molecule has 0 spiro atoms. The van der Waals surface area contributed by atoms with E-state index in [9.17, 15) is 4.79 Å². The Labute approximate surface area is 142 Å². The Balaban J connectivity index is 2.00. The van der Waals surface area contributed by atoms with Crippen molar-refractivity contribution in [3.8, 4) is 5.88 Å². The van der Waals surface area contributed by atoms with Crippen LogP contribution in [-0.4, -0.2) is 54.6 Å². The number of aromatic nitrogens is 2. The van der Waals surface area contributed by atoms with Crippen LogP contribution in [0.4, 0.5) is 5.69 Å². The summed E-state index contributed by atoms with van der Waals surface area (Å²) in [5, 5.41) is 0. The molecule has 1 aromatic heterocycles. The molecule has 3 rings (SSSR count). The molecule has 2 heterocycles. The number of likely N-dealkylation sites (N-methyl/N-ethyl adjacent to an activating group) is 1. The molecule has 6 nitrogen and oxygen atoms in total. The van der Waals surface area contributed by atoms with E-state index in [2.05, 4.69) is 20.9 Å². The first-order valence-corrected chi connectivity index (χ1v) is 8.02. The summed E-state index contributed by atoms with van der Waals surface area (Å²) in [5.41, 5.74) is 2.52. The average Bonchev–Trinajstić information content (AvgIpc) is 2.60. The van der Waals surface area contributed by atoms with E-state index in [-0.39, 0.29) is 11.9 Å². The number of benzene rings is 1. The minimum atomic E-state index is -0.116. The second kappa shape index (κ2) is 6.97. The number of rotatable bonds is 4. The number of nitrogens with zero attached hydrogens (tertiary/aromatic N) is 4. The van der Waals surface area contributed by atoms with Gasteiger partial charge >= 0.3 is 0 Å². The summed E-state index contributed by atoms with van der Waals surface area (Å²) in [6, 6.07) is 9.78. The monoisotopic (exact) mass is 326 g/mol. The molecular formula is C18H22N4O2. The van der Waals surface area contributed by atoms with Gasteiger partial charge in [-0.1, -0.05) is 18.2 Å². The van der Waals surface area contributed by atoms with Crippen LogP contribution in [-0.2, 0) is 6.42 Å². The van der Waals surface area contributed by atoms with Crippen molar-refractivity contribution in [2.45, 2.75) is 18.9 Å². The van der Waals surface area contributed by atoms with Crippen molar-refractivity contribution in [2.24, 2.45) is 0 Å². The Kier molecular flexibility index (Phi) is 4.76. The molecule has 1 aliphatic heterocycles. The zero-order valence-corrected chi connectivity index (χ0v) is 14.3. The summed E-state index contributed by atoms with van der Waals surface area (Å²) in [6.07, 6.45) is 3.28. The van der Waals surface area contributed by atoms with Crippen molar-refractivity contribution in [3.05, 3.63) is 47.9 Å². The van der Waals surface area contributed by atoms with Crippen LogP contribution >= 0.6 is 0 Å². The number of ether oxygens (including phenoxy) is 1. The Morgan fingerprint density at radius 3 is 2.88 bits per heavy atom. The molecule has 0 bridgehead atoms. The van der Waals surface area contributed by atoms with Crippen LogP contribution in [0.5, 0.6) is 5.88 Å². The fourth-order valence-electron chi connectivity index (χ4n) is 3.17. The number of hydrogen-bond donors (Lipinski definition) is 0. The van der Waals surface area contributed by atoms with Crippen LogP contribution in [0, 0.1) is 0 Å². The van der Waals surface area contributed by atoms with Crippen LogP contribution < -0.4 is 9.64 Å². The van der Waals surface area contributed by atoms with E-state index in [0.717, 1.165) is 25.1 Å². The lowest BCUT2D eigenvalue weighted by Gasteiger charge is -2.38. The van der Waals surface area contributed by atoms with Gasteiger partial charge in [0.05, 0.1) is 13.2 Å². The van der Waals surface area contributed by atoms with Crippen molar-refractivity contribution < 1.29 is 9.53 Å². The number of amides is 1. The number of carbonyl (C=O) groups is 1. The zero-order valence-electron chi connectivity index (χ0n) is 14.3. The van der Waals surface area contributed by atoms with Crippen LogP contribution in [0.3, 0.4) is 0 Å². The van der Waals surface area contributed by atoms with Gasteiger partial charge in [0, 0.05) is 18.3 Å². The Hall–Kier alpha value is -2.47. The topological polar surface area (TPSA) is 58.6 Å². The fraction of sp³-hybridized carbons (Fsp3) is 0.389. The molecule has 0 fully saturated rings. The third kappa shape index (κ3) is 3.23. The SMILES string of the molecule is COc1cc(C(=O)N2c3ccccc3CCC2CN(C)C)ncn1.